The fraction of sp³-hybridized carbons (Fsp3) is 0.450. The molecule has 26 heavy (non-hydrogen) atoms. The Morgan fingerprint density at radius 3 is 2.62 bits per heavy atom. The summed E-state index contributed by atoms with van der Waals surface area (Å²) < 4.78 is 2.03. The van der Waals surface area contributed by atoms with Crippen LogP contribution in [0.15, 0.2) is 36.7 Å². The normalized spacial score (nSPS) is 14.3. The maximum atomic E-state index is 12.3. The summed E-state index contributed by atoms with van der Waals surface area (Å²) in [5.41, 5.74) is 1.79. The molecular formula is C20H26N4O2. The molecule has 0 spiro atoms. The van der Waals surface area contributed by atoms with Crippen LogP contribution in [0, 0.1) is 6.92 Å². The molecule has 1 aliphatic rings. The van der Waals surface area contributed by atoms with E-state index < -0.39 is 0 Å². The van der Waals surface area contributed by atoms with E-state index >= 15 is 0 Å². The topological polar surface area (TPSA) is 76.0 Å². The van der Waals surface area contributed by atoms with E-state index in [0.29, 0.717) is 12.6 Å². The standard InChI is InChI=1S/C20H26N4O2/c1-15-21-12-13-24(15)14-16-6-2-5-9-18(16)23-20(26)11-10-19(25)22-17-7-3-4-8-17/h2,5-6,9,12-13,17H,3-4,7-8,10-11,14H2,1H3,(H,22,25)(H,23,26). The van der Waals surface area contributed by atoms with Gasteiger partial charge in [-0.2, -0.15) is 0 Å². The second-order valence-electron chi connectivity index (χ2n) is 6.86. The van der Waals surface area contributed by atoms with Crippen molar-refractivity contribution >= 4 is 17.5 Å². The van der Waals surface area contributed by atoms with Crippen molar-refractivity contribution in [2.75, 3.05) is 5.32 Å². The highest BCUT2D eigenvalue weighted by Crippen LogP contribution is 2.19. The van der Waals surface area contributed by atoms with Crippen LogP contribution in [0.2, 0.25) is 0 Å². The zero-order valence-corrected chi connectivity index (χ0v) is 15.2. The molecule has 1 aromatic carbocycles. The van der Waals surface area contributed by atoms with Crippen molar-refractivity contribution in [1.82, 2.24) is 14.9 Å². The number of hydrogen-bond acceptors (Lipinski definition) is 3. The number of aromatic nitrogens is 2. The zero-order chi connectivity index (χ0) is 18.4. The molecule has 3 rings (SSSR count). The van der Waals surface area contributed by atoms with Crippen LogP contribution in [0.1, 0.15) is 49.9 Å². The molecule has 1 aromatic heterocycles. The van der Waals surface area contributed by atoms with E-state index in [1.54, 1.807) is 6.20 Å². The van der Waals surface area contributed by atoms with Gasteiger partial charge in [-0.15, -0.1) is 0 Å². The molecule has 6 nitrogen and oxygen atoms in total. The number of para-hydroxylation sites is 1. The summed E-state index contributed by atoms with van der Waals surface area (Å²) in [7, 11) is 0. The highest BCUT2D eigenvalue weighted by molar-refractivity contribution is 5.93. The maximum absolute atomic E-state index is 12.3. The van der Waals surface area contributed by atoms with Gasteiger partial charge in [-0.25, -0.2) is 4.98 Å². The Morgan fingerprint density at radius 2 is 1.88 bits per heavy atom. The van der Waals surface area contributed by atoms with Gasteiger partial charge in [-0.3, -0.25) is 9.59 Å². The van der Waals surface area contributed by atoms with Gasteiger partial charge in [0.25, 0.3) is 0 Å². The van der Waals surface area contributed by atoms with Crippen molar-refractivity contribution in [3.05, 3.63) is 48.0 Å². The summed E-state index contributed by atoms with van der Waals surface area (Å²) in [6.45, 7) is 2.59. The average Bonchev–Trinajstić information content (AvgIpc) is 3.27. The Kier molecular flexibility index (Phi) is 6.04. The van der Waals surface area contributed by atoms with Crippen LogP contribution in [0.4, 0.5) is 5.69 Å². The van der Waals surface area contributed by atoms with Gasteiger partial charge in [0.2, 0.25) is 11.8 Å². The van der Waals surface area contributed by atoms with Gasteiger partial charge in [0.05, 0.1) is 6.54 Å². The molecule has 2 N–H and O–H groups in total. The van der Waals surface area contributed by atoms with Crippen molar-refractivity contribution in [3.8, 4) is 0 Å². The zero-order valence-electron chi connectivity index (χ0n) is 15.2. The Labute approximate surface area is 154 Å². The molecule has 0 bridgehead atoms. The summed E-state index contributed by atoms with van der Waals surface area (Å²) in [5, 5.41) is 5.95. The minimum atomic E-state index is -0.138. The molecule has 6 heteroatoms. The van der Waals surface area contributed by atoms with Gasteiger partial charge >= 0.3 is 0 Å². The van der Waals surface area contributed by atoms with E-state index in [2.05, 4.69) is 15.6 Å². The molecule has 0 saturated heterocycles. The van der Waals surface area contributed by atoms with Crippen LogP contribution in [0.25, 0.3) is 0 Å². The van der Waals surface area contributed by atoms with Crippen molar-refractivity contribution in [3.63, 3.8) is 0 Å². The van der Waals surface area contributed by atoms with Crippen LogP contribution in [0.5, 0.6) is 0 Å². The van der Waals surface area contributed by atoms with Gasteiger partial charge in [-0.1, -0.05) is 31.0 Å². The first-order valence-electron chi connectivity index (χ1n) is 9.26. The van der Waals surface area contributed by atoms with Crippen LogP contribution in [0.3, 0.4) is 0 Å². The summed E-state index contributed by atoms with van der Waals surface area (Å²) in [4.78, 5) is 28.5. The average molecular weight is 354 g/mol. The van der Waals surface area contributed by atoms with Crippen LogP contribution in [-0.4, -0.2) is 27.4 Å². The predicted octanol–water partition coefficient (Wildman–Crippen LogP) is 3.02. The molecule has 1 heterocycles. The van der Waals surface area contributed by atoms with E-state index in [-0.39, 0.29) is 24.7 Å². The number of aryl methyl sites for hydroxylation is 1. The van der Waals surface area contributed by atoms with Gasteiger partial charge < -0.3 is 15.2 Å². The number of nitrogens with one attached hydrogen (secondary N) is 2. The quantitative estimate of drug-likeness (QED) is 0.802. The number of rotatable bonds is 7. The molecule has 1 fully saturated rings. The lowest BCUT2D eigenvalue weighted by atomic mass is 10.1. The Bertz CT molecular complexity index is 763. The predicted molar refractivity (Wildman–Crippen MR) is 101 cm³/mol. The molecule has 2 amide bonds. The highest BCUT2D eigenvalue weighted by atomic mass is 16.2. The van der Waals surface area contributed by atoms with Gasteiger partial charge in [0, 0.05) is 37.0 Å². The van der Waals surface area contributed by atoms with Crippen molar-refractivity contribution in [2.45, 2.75) is 58.0 Å². The number of imidazole rings is 1. The second-order valence-corrected chi connectivity index (χ2v) is 6.86. The van der Waals surface area contributed by atoms with E-state index in [4.69, 9.17) is 0 Å². The minimum absolute atomic E-state index is 0.0330. The largest absolute Gasteiger partial charge is 0.353 e. The van der Waals surface area contributed by atoms with Crippen molar-refractivity contribution in [2.24, 2.45) is 0 Å². The molecule has 2 aromatic rings. The fourth-order valence-corrected chi connectivity index (χ4v) is 3.34. The monoisotopic (exact) mass is 354 g/mol. The smallest absolute Gasteiger partial charge is 0.224 e. The molecule has 1 saturated carbocycles. The fourth-order valence-electron chi connectivity index (χ4n) is 3.34. The van der Waals surface area contributed by atoms with Gasteiger partial charge in [-0.05, 0) is 31.4 Å². The number of nitrogens with zero attached hydrogens (tertiary/aromatic N) is 2. The Morgan fingerprint density at radius 1 is 1.15 bits per heavy atom. The molecule has 0 atom stereocenters. The molecular weight excluding hydrogens is 328 g/mol. The lowest BCUT2D eigenvalue weighted by molar-refractivity contribution is -0.124. The van der Waals surface area contributed by atoms with Gasteiger partial charge in [0.15, 0.2) is 0 Å². The molecule has 1 aliphatic carbocycles. The Balaban J connectivity index is 1.52. The van der Waals surface area contributed by atoms with E-state index in [1.165, 1.54) is 12.8 Å². The first-order chi connectivity index (χ1) is 12.6. The third-order valence-corrected chi connectivity index (χ3v) is 4.86. The summed E-state index contributed by atoms with van der Waals surface area (Å²) in [6.07, 6.45) is 8.57. The number of benzene rings is 1. The summed E-state index contributed by atoms with van der Waals surface area (Å²) in [5.74, 6) is 0.755. The second kappa shape index (κ2) is 8.65. The lowest BCUT2D eigenvalue weighted by Crippen LogP contribution is -2.33. The van der Waals surface area contributed by atoms with Crippen LogP contribution in [-0.2, 0) is 16.1 Å². The van der Waals surface area contributed by atoms with Gasteiger partial charge in [0.1, 0.15) is 5.82 Å². The van der Waals surface area contributed by atoms with Crippen LogP contribution < -0.4 is 10.6 Å². The maximum Gasteiger partial charge on any atom is 0.224 e. The third kappa shape index (κ3) is 4.94. The first-order valence-corrected chi connectivity index (χ1v) is 9.26. The summed E-state index contributed by atoms with van der Waals surface area (Å²) in [6, 6.07) is 8.02. The number of carbonyl (C=O) groups is 2. The number of hydrogen-bond donors (Lipinski definition) is 2. The first kappa shape index (κ1) is 18.2. The summed E-state index contributed by atoms with van der Waals surface area (Å²) >= 11 is 0. The highest BCUT2D eigenvalue weighted by Gasteiger charge is 2.17. The van der Waals surface area contributed by atoms with Crippen molar-refractivity contribution < 1.29 is 9.59 Å². The van der Waals surface area contributed by atoms with E-state index in [0.717, 1.165) is 29.9 Å². The van der Waals surface area contributed by atoms with E-state index in [9.17, 15) is 9.59 Å². The lowest BCUT2D eigenvalue weighted by Gasteiger charge is -2.13. The number of carbonyl (C=O) groups excluding carboxylic acids is 2. The minimum Gasteiger partial charge on any atom is -0.353 e. The number of amides is 2. The van der Waals surface area contributed by atoms with Crippen LogP contribution >= 0.6 is 0 Å². The number of anilines is 1. The molecule has 0 aliphatic heterocycles. The third-order valence-electron chi connectivity index (χ3n) is 4.86. The SMILES string of the molecule is Cc1nccn1Cc1ccccc1NC(=O)CCC(=O)NC1CCCC1. The molecule has 0 radical (unpaired) electrons. The van der Waals surface area contributed by atoms with E-state index in [1.807, 2.05) is 42.0 Å². The van der Waals surface area contributed by atoms with Crippen molar-refractivity contribution in [1.29, 1.82) is 0 Å². The molecule has 0 unspecified atom stereocenters. The molecule has 138 valence electrons. The Hall–Kier alpha value is -2.63.